The molecule has 0 aliphatic rings. The Kier molecular flexibility index (Phi) is 4.50. The fraction of sp³-hybridized carbons (Fsp3) is 0.450. The third kappa shape index (κ3) is 3.36. The summed E-state index contributed by atoms with van der Waals surface area (Å²) in [4.78, 5) is 21.5. The third-order valence-corrected chi connectivity index (χ3v) is 4.19. The molecule has 0 aliphatic carbocycles. The first kappa shape index (κ1) is 17.4. The number of pyridine rings is 1. The molecule has 132 valence electrons. The van der Waals surface area contributed by atoms with Crippen LogP contribution in [0.15, 0.2) is 24.3 Å². The molecule has 0 bridgehead atoms. The van der Waals surface area contributed by atoms with Crippen molar-refractivity contribution in [3.8, 4) is 0 Å². The first-order valence-corrected chi connectivity index (χ1v) is 8.91. The van der Waals surface area contributed by atoms with Crippen LogP contribution < -0.4 is 5.32 Å². The van der Waals surface area contributed by atoms with E-state index >= 15 is 0 Å². The number of imidazole rings is 1. The normalized spacial score (nSPS) is 12.0. The van der Waals surface area contributed by atoms with Gasteiger partial charge in [-0.3, -0.25) is 4.79 Å². The van der Waals surface area contributed by atoms with E-state index in [4.69, 9.17) is 4.98 Å². The zero-order chi connectivity index (χ0) is 18.2. The largest absolute Gasteiger partial charge is 0.327 e. The average molecular weight is 338 g/mol. The van der Waals surface area contributed by atoms with Crippen LogP contribution in [0.5, 0.6) is 0 Å². The molecular formula is C20H26N4O. The summed E-state index contributed by atoms with van der Waals surface area (Å²) in [7, 11) is 0. The van der Waals surface area contributed by atoms with Crippen LogP contribution in [0.2, 0.25) is 0 Å². The molecule has 1 N–H and O–H groups in total. The van der Waals surface area contributed by atoms with Crippen LogP contribution in [0.4, 0.5) is 5.82 Å². The molecule has 2 aromatic heterocycles. The van der Waals surface area contributed by atoms with Gasteiger partial charge in [-0.2, -0.15) is 0 Å². The van der Waals surface area contributed by atoms with Crippen molar-refractivity contribution >= 4 is 33.7 Å². The van der Waals surface area contributed by atoms with Gasteiger partial charge in [-0.15, -0.1) is 0 Å². The van der Waals surface area contributed by atoms with Crippen molar-refractivity contribution in [3.63, 3.8) is 0 Å². The molecule has 2 heterocycles. The highest BCUT2D eigenvalue weighted by Gasteiger charge is 2.21. The maximum Gasteiger partial charge on any atom is 0.225 e. The third-order valence-electron chi connectivity index (χ3n) is 4.19. The Labute approximate surface area is 148 Å². The topological polar surface area (TPSA) is 59.8 Å². The van der Waals surface area contributed by atoms with Gasteiger partial charge < -0.3 is 9.88 Å². The number of fused-ring (bicyclic) bond motifs is 3. The fourth-order valence-corrected chi connectivity index (χ4v) is 3.10. The van der Waals surface area contributed by atoms with Crippen LogP contribution in [0.1, 0.15) is 46.9 Å². The van der Waals surface area contributed by atoms with Crippen molar-refractivity contribution in [1.29, 1.82) is 0 Å². The maximum absolute atomic E-state index is 12.0. The van der Waals surface area contributed by atoms with E-state index in [-0.39, 0.29) is 11.3 Å². The predicted octanol–water partition coefficient (Wildman–Crippen LogP) is 4.54. The van der Waals surface area contributed by atoms with E-state index in [1.807, 2.05) is 25.1 Å². The Morgan fingerprint density at radius 3 is 2.52 bits per heavy atom. The number of hydrogen-bond acceptors (Lipinski definition) is 3. The summed E-state index contributed by atoms with van der Waals surface area (Å²) in [6.07, 6.45) is 1.25. The number of amides is 1. The van der Waals surface area contributed by atoms with Crippen molar-refractivity contribution in [2.24, 2.45) is 5.41 Å². The van der Waals surface area contributed by atoms with Crippen molar-refractivity contribution in [2.75, 3.05) is 5.32 Å². The van der Waals surface area contributed by atoms with Gasteiger partial charge in [-0.05, 0) is 11.5 Å². The van der Waals surface area contributed by atoms with Crippen LogP contribution in [0.3, 0.4) is 0 Å². The minimum absolute atomic E-state index is 0.0486. The Hall–Kier alpha value is -2.43. The number of nitrogens with one attached hydrogen (secondary N) is 1. The van der Waals surface area contributed by atoms with E-state index in [2.05, 4.69) is 48.6 Å². The predicted molar refractivity (Wildman–Crippen MR) is 103 cm³/mol. The number of benzene rings is 1. The van der Waals surface area contributed by atoms with Crippen LogP contribution in [0, 0.1) is 5.41 Å². The van der Waals surface area contributed by atoms with Gasteiger partial charge in [-0.1, -0.05) is 52.8 Å². The maximum atomic E-state index is 12.0. The molecule has 3 aromatic rings. The summed E-state index contributed by atoms with van der Waals surface area (Å²) in [6, 6.07) is 8.05. The molecule has 0 spiro atoms. The Morgan fingerprint density at radius 1 is 1.16 bits per heavy atom. The second-order valence-electron chi connectivity index (χ2n) is 7.60. The Bertz CT molecular complexity index is 934. The molecule has 1 amide bonds. The number of hydrogen-bond donors (Lipinski definition) is 1. The molecule has 0 atom stereocenters. The molecule has 0 saturated heterocycles. The van der Waals surface area contributed by atoms with Gasteiger partial charge in [0.15, 0.2) is 5.82 Å². The lowest BCUT2D eigenvalue weighted by atomic mass is 9.96. The molecule has 3 rings (SSSR count). The van der Waals surface area contributed by atoms with Crippen LogP contribution in [-0.4, -0.2) is 20.4 Å². The van der Waals surface area contributed by atoms with Crippen molar-refractivity contribution in [3.05, 3.63) is 30.1 Å². The zero-order valence-corrected chi connectivity index (χ0v) is 15.7. The standard InChI is InChI=1S/C20H26N4O/c1-6-15-22-17-18(24(15)12-20(3,4)5)13-10-8-9-11-14(13)21-19(17)23-16(25)7-2/h8-11H,6-7,12H2,1-5H3,(H,21,23,25). The smallest absolute Gasteiger partial charge is 0.225 e. The number of carbonyl (C=O) groups excluding carboxylic acids is 1. The van der Waals surface area contributed by atoms with Gasteiger partial charge in [0.05, 0.1) is 11.0 Å². The average Bonchev–Trinajstić information content (AvgIpc) is 2.92. The van der Waals surface area contributed by atoms with Crippen molar-refractivity contribution in [1.82, 2.24) is 14.5 Å². The number of para-hydroxylation sites is 1. The van der Waals surface area contributed by atoms with Crippen molar-refractivity contribution < 1.29 is 4.79 Å². The first-order valence-electron chi connectivity index (χ1n) is 8.91. The quantitative estimate of drug-likeness (QED) is 0.759. The van der Waals surface area contributed by atoms with Gasteiger partial charge >= 0.3 is 0 Å². The molecule has 0 fully saturated rings. The van der Waals surface area contributed by atoms with E-state index in [1.165, 1.54) is 0 Å². The SMILES string of the molecule is CCC(=O)Nc1nc2ccccc2c2c1nc(CC)n2CC(C)(C)C. The number of aryl methyl sites for hydroxylation is 1. The fourth-order valence-electron chi connectivity index (χ4n) is 3.10. The number of anilines is 1. The van der Waals surface area contributed by atoms with E-state index in [0.29, 0.717) is 12.2 Å². The second-order valence-corrected chi connectivity index (χ2v) is 7.60. The van der Waals surface area contributed by atoms with Crippen LogP contribution >= 0.6 is 0 Å². The van der Waals surface area contributed by atoms with E-state index in [9.17, 15) is 4.79 Å². The summed E-state index contributed by atoms with van der Waals surface area (Å²) in [6.45, 7) is 11.5. The zero-order valence-electron chi connectivity index (χ0n) is 15.7. The minimum Gasteiger partial charge on any atom is -0.327 e. The first-order chi connectivity index (χ1) is 11.8. The van der Waals surface area contributed by atoms with Gasteiger partial charge in [0.1, 0.15) is 11.3 Å². The molecular weight excluding hydrogens is 312 g/mol. The molecule has 0 radical (unpaired) electrons. The molecule has 0 saturated carbocycles. The lowest BCUT2D eigenvalue weighted by molar-refractivity contribution is -0.115. The van der Waals surface area contributed by atoms with E-state index < -0.39 is 0 Å². The lowest BCUT2D eigenvalue weighted by Crippen LogP contribution is -2.17. The highest BCUT2D eigenvalue weighted by molar-refractivity contribution is 6.09. The van der Waals surface area contributed by atoms with Gasteiger partial charge in [0, 0.05) is 24.8 Å². The molecule has 1 aromatic carbocycles. The number of carbonyl (C=O) groups is 1. The lowest BCUT2D eigenvalue weighted by Gasteiger charge is -2.21. The molecule has 5 nitrogen and oxygen atoms in total. The molecule has 0 unspecified atom stereocenters. The van der Waals surface area contributed by atoms with Crippen LogP contribution in [0.25, 0.3) is 21.9 Å². The number of nitrogens with zero attached hydrogens (tertiary/aromatic N) is 3. The monoisotopic (exact) mass is 338 g/mol. The summed E-state index contributed by atoms with van der Waals surface area (Å²) < 4.78 is 2.29. The van der Waals surface area contributed by atoms with Gasteiger partial charge in [-0.25, -0.2) is 9.97 Å². The Morgan fingerprint density at radius 2 is 1.88 bits per heavy atom. The van der Waals surface area contributed by atoms with Gasteiger partial charge in [0.25, 0.3) is 0 Å². The Balaban J connectivity index is 2.36. The number of aromatic nitrogens is 3. The summed E-state index contributed by atoms with van der Waals surface area (Å²) in [5, 5.41) is 4.00. The van der Waals surface area contributed by atoms with Crippen LogP contribution in [-0.2, 0) is 17.8 Å². The molecule has 0 aliphatic heterocycles. The summed E-state index contributed by atoms with van der Waals surface area (Å²) in [5.74, 6) is 1.53. The second kappa shape index (κ2) is 6.47. The summed E-state index contributed by atoms with van der Waals surface area (Å²) in [5.41, 5.74) is 2.83. The molecule has 25 heavy (non-hydrogen) atoms. The van der Waals surface area contributed by atoms with E-state index in [0.717, 1.165) is 40.7 Å². The minimum atomic E-state index is -0.0486. The van der Waals surface area contributed by atoms with E-state index in [1.54, 1.807) is 0 Å². The number of rotatable bonds is 4. The summed E-state index contributed by atoms with van der Waals surface area (Å²) >= 11 is 0. The highest BCUT2D eigenvalue weighted by atomic mass is 16.1. The van der Waals surface area contributed by atoms with Gasteiger partial charge in [0.2, 0.25) is 5.91 Å². The molecule has 5 heteroatoms. The highest BCUT2D eigenvalue weighted by Crippen LogP contribution is 2.32. The van der Waals surface area contributed by atoms with Crippen molar-refractivity contribution in [2.45, 2.75) is 54.0 Å².